The number of halogens is 1. The van der Waals surface area contributed by atoms with Gasteiger partial charge in [0.25, 0.3) is 0 Å². The van der Waals surface area contributed by atoms with Crippen molar-refractivity contribution in [3.8, 4) is 5.75 Å². The van der Waals surface area contributed by atoms with Crippen LogP contribution in [0.4, 0.5) is 0 Å². The van der Waals surface area contributed by atoms with E-state index in [0.29, 0.717) is 0 Å². The summed E-state index contributed by atoms with van der Waals surface area (Å²) >= 11 is 3.62. The molecule has 1 unspecified atom stereocenters. The number of rotatable bonds is 5. The lowest BCUT2D eigenvalue weighted by atomic mass is 9.81. The first-order chi connectivity index (χ1) is 14.6. The van der Waals surface area contributed by atoms with Crippen molar-refractivity contribution in [3.63, 3.8) is 0 Å². The molecule has 0 aromatic heterocycles. The average Bonchev–Trinajstić information content (AvgIpc) is 2.77. The van der Waals surface area contributed by atoms with E-state index in [1.54, 1.807) is 14.0 Å². The van der Waals surface area contributed by atoms with Crippen molar-refractivity contribution in [2.75, 3.05) is 13.7 Å². The number of methoxy groups -OCH3 is 1. The second kappa shape index (κ2) is 9.05. The summed E-state index contributed by atoms with van der Waals surface area (Å²) < 4.78 is 6.54. The van der Waals surface area contributed by atoms with Gasteiger partial charge in [-0.2, -0.15) is 0 Å². The molecule has 0 fully saturated rings. The quantitative estimate of drug-likeness (QED) is 0.455. The molecule has 0 bridgehead atoms. The van der Waals surface area contributed by atoms with Gasteiger partial charge < -0.3 is 9.64 Å². The molecule has 1 aliphatic rings. The van der Waals surface area contributed by atoms with Crippen molar-refractivity contribution in [3.05, 3.63) is 99.5 Å². The van der Waals surface area contributed by atoms with Gasteiger partial charge in [0.15, 0.2) is 0 Å². The van der Waals surface area contributed by atoms with Gasteiger partial charge in [0, 0.05) is 19.4 Å². The number of carbonyl (C=O) groups is 1. The van der Waals surface area contributed by atoms with E-state index in [1.807, 2.05) is 17.0 Å². The summed E-state index contributed by atoms with van der Waals surface area (Å²) in [5, 5.41) is 0. The first-order valence-electron chi connectivity index (χ1n) is 10.3. The van der Waals surface area contributed by atoms with E-state index in [0.717, 1.165) is 29.6 Å². The maximum absolute atomic E-state index is 12.6. The predicted molar refractivity (Wildman–Crippen MR) is 124 cm³/mol. The molecule has 1 amide bonds. The highest BCUT2D eigenvalue weighted by Gasteiger charge is 2.33. The van der Waals surface area contributed by atoms with E-state index in [-0.39, 0.29) is 17.9 Å². The van der Waals surface area contributed by atoms with Gasteiger partial charge in [-0.1, -0.05) is 60.7 Å². The third kappa shape index (κ3) is 4.15. The molecule has 4 rings (SSSR count). The van der Waals surface area contributed by atoms with Crippen molar-refractivity contribution in [1.82, 2.24) is 4.90 Å². The Morgan fingerprint density at radius 3 is 2.20 bits per heavy atom. The van der Waals surface area contributed by atoms with Gasteiger partial charge in [-0.3, -0.25) is 4.79 Å². The topological polar surface area (TPSA) is 29.5 Å². The molecule has 0 aliphatic carbocycles. The number of amides is 1. The summed E-state index contributed by atoms with van der Waals surface area (Å²) in [4.78, 5) is 14.6. The van der Waals surface area contributed by atoms with E-state index in [2.05, 4.69) is 76.6 Å². The van der Waals surface area contributed by atoms with Crippen LogP contribution in [0.5, 0.6) is 5.75 Å². The highest BCUT2D eigenvalue weighted by molar-refractivity contribution is 9.10. The Balaban J connectivity index is 1.80. The number of fused-ring (bicyclic) bond motifs is 1. The molecule has 30 heavy (non-hydrogen) atoms. The summed E-state index contributed by atoms with van der Waals surface area (Å²) in [6.45, 7) is 2.41. The number of ether oxygens (including phenoxy) is 1. The molecule has 1 atom stereocenters. The lowest BCUT2D eigenvalue weighted by molar-refractivity contribution is -0.131. The summed E-state index contributed by atoms with van der Waals surface area (Å²) in [5.41, 5.74) is 5.00. The van der Waals surface area contributed by atoms with E-state index in [9.17, 15) is 4.79 Å². The monoisotopic (exact) mass is 463 g/mol. The molecule has 0 saturated heterocycles. The molecule has 3 aromatic rings. The molecule has 0 saturated carbocycles. The Kier molecular flexibility index (Phi) is 6.24. The summed E-state index contributed by atoms with van der Waals surface area (Å²) in [7, 11) is 1.68. The minimum atomic E-state index is -0.00124. The maximum Gasteiger partial charge on any atom is 0.219 e. The largest absolute Gasteiger partial charge is 0.496 e. The molecular formula is C26H26BrNO2. The van der Waals surface area contributed by atoms with Crippen LogP contribution in [0.2, 0.25) is 0 Å². The number of hydrogen-bond donors (Lipinski definition) is 0. The molecule has 1 aliphatic heterocycles. The van der Waals surface area contributed by atoms with Crippen LogP contribution in [0.3, 0.4) is 0 Å². The van der Waals surface area contributed by atoms with Crippen LogP contribution in [-0.4, -0.2) is 24.5 Å². The number of benzene rings is 3. The van der Waals surface area contributed by atoms with Crippen LogP contribution in [0, 0.1) is 0 Å². The summed E-state index contributed by atoms with van der Waals surface area (Å²) in [6, 6.07) is 25.4. The van der Waals surface area contributed by atoms with Crippen LogP contribution >= 0.6 is 15.9 Å². The molecule has 154 valence electrons. The van der Waals surface area contributed by atoms with Crippen molar-refractivity contribution in [2.24, 2.45) is 0 Å². The Hall–Kier alpha value is -2.59. The molecule has 3 nitrogen and oxygen atoms in total. The van der Waals surface area contributed by atoms with Crippen LogP contribution < -0.4 is 4.74 Å². The van der Waals surface area contributed by atoms with Crippen molar-refractivity contribution >= 4 is 21.8 Å². The highest BCUT2D eigenvalue weighted by atomic mass is 79.9. The first-order valence-corrected chi connectivity index (χ1v) is 11.1. The SMILES string of the molecule is COc1cc2c(cc1Br)CCN(C(C)=O)C2CC(c1ccccc1)c1ccccc1. The van der Waals surface area contributed by atoms with Crippen LogP contribution in [0.15, 0.2) is 77.3 Å². The Morgan fingerprint density at radius 1 is 1.07 bits per heavy atom. The first kappa shape index (κ1) is 20.7. The number of nitrogens with zero attached hydrogens (tertiary/aromatic N) is 1. The van der Waals surface area contributed by atoms with Crippen molar-refractivity contribution < 1.29 is 9.53 Å². The second-order valence-corrected chi connectivity index (χ2v) is 8.63. The fourth-order valence-electron chi connectivity index (χ4n) is 4.55. The minimum absolute atomic E-state index is 0.00124. The second-order valence-electron chi connectivity index (χ2n) is 7.77. The molecule has 0 spiro atoms. The standard InChI is InChI=1S/C26H26BrNO2/c1-18(29)28-14-13-21-15-24(27)26(30-2)17-23(21)25(28)16-22(19-9-5-3-6-10-19)20-11-7-4-8-12-20/h3-12,15,17,22,25H,13-14,16H2,1-2H3. The lowest BCUT2D eigenvalue weighted by Crippen LogP contribution is -2.39. The lowest BCUT2D eigenvalue weighted by Gasteiger charge is -2.39. The molecule has 4 heteroatoms. The summed E-state index contributed by atoms with van der Waals surface area (Å²) in [5.74, 6) is 1.12. The van der Waals surface area contributed by atoms with E-state index in [4.69, 9.17) is 4.74 Å². The van der Waals surface area contributed by atoms with Gasteiger partial charge in [0.2, 0.25) is 5.91 Å². The molecular weight excluding hydrogens is 438 g/mol. The third-order valence-electron chi connectivity index (χ3n) is 6.04. The Bertz CT molecular complexity index is 980. The zero-order valence-corrected chi connectivity index (χ0v) is 18.9. The van der Waals surface area contributed by atoms with E-state index >= 15 is 0 Å². The average molecular weight is 464 g/mol. The van der Waals surface area contributed by atoms with Crippen molar-refractivity contribution in [2.45, 2.75) is 31.7 Å². The van der Waals surface area contributed by atoms with Gasteiger partial charge in [0.1, 0.15) is 5.75 Å². The van der Waals surface area contributed by atoms with Gasteiger partial charge >= 0.3 is 0 Å². The van der Waals surface area contributed by atoms with E-state index < -0.39 is 0 Å². The van der Waals surface area contributed by atoms with Gasteiger partial charge in [-0.15, -0.1) is 0 Å². The zero-order valence-electron chi connectivity index (χ0n) is 17.3. The molecule has 1 heterocycles. The van der Waals surface area contributed by atoms with E-state index in [1.165, 1.54) is 22.3 Å². The molecule has 0 N–H and O–H groups in total. The summed E-state index contributed by atoms with van der Waals surface area (Å²) in [6.07, 6.45) is 1.68. The fraction of sp³-hybridized carbons (Fsp3) is 0.269. The fourth-order valence-corrected chi connectivity index (χ4v) is 5.10. The van der Waals surface area contributed by atoms with Crippen molar-refractivity contribution in [1.29, 1.82) is 0 Å². The minimum Gasteiger partial charge on any atom is -0.496 e. The van der Waals surface area contributed by atoms with Crippen LogP contribution in [-0.2, 0) is 11.2 Å². The number of hydrogen-bond acceptors (Lipinski definition) is 2. The van der Waals surface area contributed by atoms with Gasteiger partial charge in [-0.25, -0.2) is 0 Å². The smallest absolute Gasteiger partial charge is 0.219 e. The molecule has 3 aromatic carbocycles. The maximum atomic E-state index is 12.6. The Morgan fingerprint density at radius 2 is 1.67 bits per heavy atom. The van der Waals surface area contributed by atoms with Gasteiger partial charge in [-0.05, 0) is 63.2 Å². The Labute approximate surface area is 186 Å². The number of carbonyl (C=O) groups excluding carboxylic acids is 1. The zero-order chi connectivity index (χ0) is 21.1. The predicted octanol–water partition coefficient (Wildman–Crippen LogP) is 6.13. The normalized spacial score (nSPS) is 15.7. The highest BCUT2D eigenvalue weighted by Crippen LogP contribution is 2.43. The van der Waals surface area contributed by atoms with Gasteiger partial charge in [0.05, 0.1) is 17.6 Å². The molecule has 0 radical (unpaired) electrons. The van der Waals surface area contributed by atoms with Crippen LogP contribution in [0.25, 0.3) is 0 Å². The third-order valence-corrected chi connectivity index (χ3v) is 6.66. The van der Waals surface area contributed by atoms with Crippen LogP contribution in [0.1, 0.15) is 47.6 Å².